The molecule has 7 heteroatoms. The largest absolute Gasteiger partial charge is 0.474 e. The van der Waals surface area contributed by atoms with E-state index in [2.05, 4.69) is 39.4 Å². The standard InChI is InChI=1S/C18H20ClN5O.CH4/c1-12-4-6-15(7-5-12)24-9-8-16(23-24)25-10-13(2)22-18-17(19)14(3)20-11-21-18;/h4-9,11,13H,10H2,1-3H3,(H,20,21,22);1H4. The van der Waals surface area contributed by atoms with Gasteiger partial charge in [0.15, 0.2) is 0 Å². The summed E-state index contributed by atoms with van der Waals surface area (Å²) in [5, 5.41) is 8.19. The summed E-state index contributed by atoms with van der Waals surface area (Å²) in [6.45, 7) is 6.32. The molecule has 0 aliphatic carbocycles. The lowest BCUT2D eigenvalue weighted by Crippen LogP contribution is -2.24. The van der Waals surface area contributed by atoms with Gasteiger partial charge in [-0.25, -0.2) is 14.6 Å². The van der Waals surface area contributed by atoms with E-state index in [0.717, 1.165) is 11.4 Å². The molecule has 0 radical (unpaired) electrons. The minimum atomic E-state index is 0. The van der Waals surface area contributed by atoms with Crippen LogP contribution in [0.1, 0.15) is 25.6 Å². The van der Waals surface area contributed by atoms with Crippen LogP contribution in [-0.4, -0.2) is 32.4 Å². The SMILES string of the molecule is C.Cc1ccc(-n2ccc(OCC(C)Nc3ncnc(C)c3Cl)n2)cc1. The molecule has 0 saturated carbocycles. The van der Waals surface area contributed by atoms with Gasteiger partial charge in [0, 0.05) is 12.3 Å². The normalized spacial score (nSPS) is 11.5. The molecule has 2 heterocycles. The number of aromatic nitrogens is 4. The topological polar surface area (TPSA) is 64.9 Å². The minimum Gasteiger partial charge on any atom is -0.474 e. The molecule has 0 saturated heterocycles. The second-order valence-corrected chi connectivity index (χ2v) is 6.29. The molecular weight excluding hydrogens is 350 g/mol. The van der Waals surface area contributed by atoms with Gasteiger partial charge in [0.2, 0.25) is 5.88 Å². The van der Waals surface area contributed by atoms with Gasteiger partial charge < -0.3 is 10.1 Å². The van der Waals surface area contributed by atoms with Crippen molar-refractivity contribution in [3.05, 3.63) is 59.1 Å². The van der Waals surface area contributed by atoms with Crippen molar-refractivity contribution in [3.63, 3.8) is 0 Å². The molecule has 0 aliphatic rings. The molecule has 1 aromatic carbocycles. The molecule has 26 heavy (non-hydrogen) atoms. The summed E-state index contributed by atoms with van der Waals surface area (Å²) in [5.74, 6) is 1.18. The Balaban J connectivity index is 0.00000243. The summed E-state index contributed by atoms with van der Waals surface area (Å²) >= 11 is 6.19. The van der Waals surface area contributed by atoms with E-state index in [0.29, 0.717) is 23.3 Å². The summed E-state index contributed by atoms with van der Waals surface area (Å²) in [6, 6.07) is 10.0. The van der Waals surface area contributed by atoms with Crippen LogP contribution in [0.25, 0.3) is 5.69 Å². The molecule has 0 aliphatic heterocycles. The zero-order chi connectivity index (χ0) is 17.8. The van der Waals surface area contributed by atoms with E-state index in [1.165, 1.54) is 11.9 Å². The van der Waals surface area contributed by atoms with E-state index in [-0.39, 0.29) is 13.5 Å². The fourth-order valence-corrected chi connectivity index (χ4v) is 2.42. The Labute approximate surface area is 159 Å². The quantitative estimate of drug-likeness (QED) is 0.691. The fraction of sp³-hybridized carbons (Fsp3) is 0.316. The van der Waals surface area contributed by atoms with E-state index >= 15 is 0 Å². The molecule has 0 spiro atoms. The molecule has 1 N–H and O–H groups in total. The molecule has 1 unspecified atom stereocenters. The highest BCUT2D eigenvalue weighted by molar-refractivity contribution is 6.33. The zero-order valence-corrected chi connectivity index (χ0v) is 15.2. The molecular formula is C19H24ClN5O. The molecule has 1 atom stereocenters. The summed E-state index contributed by atoms with van der Waals surface area (Å²) in [6.07, 6.45) is 3.36. The Morgan fingerprint density at radius 3 is 2.62 bits per heavy atom. The number of hydrogen-bond donors (Lipinski definition) is 1. The number of benzene rings is 1. The van der Waals surface area contributed by atoms with Crippen LogP contribution >= 0.6 is 11.6 Å². The number of anilines is 1. The van der Waals surface area contributed by atoms with E-state index in [1.807, 2.05) is 38.2 Å². The summed E-state index contributed by atoms with van der Waals surface area (Å²) in [7, 11) is 0. The first kappa shape index (κ1) is 19.7. The van der Waals surface area contributed by atoms with Crippen LogP contribution in [0.5, 0.6) is 5.88 Å². The van der Waals surface area contributed by atoms with Crippen LogP contribution in [0.2, 0.25) is 5.02 Å². The molecule has 0 fully saturated rings. The van der Waals surface area contributed by atoms with Crippen molar-refractivity contribution in [3.8, 4) is 11.6 Å². The average Bonchev–Trinajstić information content (AvgIpc) is 3.07. The summed E-state index contributed by atoms with van der Waals surface area (Å²) < 4.78 is 7.54. The van der Waals surface area contributed by atoms with Crippen LogP contribution in [0, 0.1) is 13.8 Å². The number of rotatable bonds is 6. The van der Waals surface area contributed by atoms with Gasteiger partial charge in [0.05, 0.1) is 17.4 Å². The molecule has 2 aromatic heterocycles. The van der Waals surface area contributed by atoms with E-state index in [4.69, 9.17) is 16.3 Å². The number of hydrogen-bond acceptors (Lipinski definition) is 5. The molecule has 0 amide bonds. The Bertz CT molecular complexity index is 847. The predicted molar refractivity (Wildman–Crippen MR) is 105 cm³/mol. The third-order valence-corrected chi connectivity index (χ3v) is 4.14. The fourth-order valence-electron chi connectivity index (χ4n) is 2.27. The predicted octanol–water partition coefficient (Wildman–Crippen LogP) is 4.45. The van der Waals surface area contributed by atoms with Crippen molar-refractivity contribution in [1.82, 2.24) is 19.7 Å². The van der Waals surface area contributed by atoms with Gasteiger partial charge in [-0.15, -0.1) is 5.10 Å². The second kappa shape index (κ2) is 8.67. The van der Waals surface area contributed by atoms with Crippen molar-refractivity contribution in [2.75, 3.05) is 11.9 Å². The molecule has 138 valence electrons. The van der Waals surface area contributed by atoms with Crippen LogP contribution in [0.4, 0.5) is 5.82 Å². The van der Waals surface area contributed by atoms with Gasteiger partial charge in [-0.3, -0.25) is 0 Å². The van der Waals surface area contributed by atoms with Crippen LogP contribution < -0.4 is 10.1 Å². The summed E-state index contributed by atoms with van der Waals surface area (Å²) in [5.41, 5.74) is 2.95. The number of nitrogens with one attached hydrogen (secondary N) is 1. The van der Waals surface area contributed by atoms with Crippen LogP contribution in [0.15, 0.2) is 42.9 Å². The van der Waals surface area contributed by atoms with Crippen molar-refractivity contribution in [2.45, 2.75) is 34.2 Å². The van der Waals surface area contributed by atoms with Crippen molar-refractivity contribution in [1.29, 1.82) is 0 Å². The Hall–Kier alpha value is -2.60. The minimum absolute atomic E-state index is 0. The van der Waals surface area contributed by atoms with Crippen LogP contribution in [0.3, 0.4) is 0 Å². The zero-order valence-electron chi connectivity index (χ0n) is 14.4. The van der Waals surface area contributed by atoms with Gasteiger partial charge >= 0.3 is 0 Å². The van der Waals surface area contributed by atoms with Gasteiger partial charge in [0.1, 0.15) is 23.8 Å². The third kappa shape index (κ3) is 4.73. The van der Waals surface area contributed by atoms with E-state index < -0.39 is 0 Å². The first-order valence-electron chi connectivity index (χ1n) is 8.02. The first-order valence-corrected chi connectivity index (χ1v) is 8.40. The first-order chi connectivity index (χ1) is 12.0. The highest BCUT2D eigenvalue weighted by atomic mass is 35.5. The molecule has 0 bridgehead atoms. The highest BCUT2D eigenvalue weighted by Gasteiger charge is 2.10. The Morgan fingerprint density at radius 1 is 1.15 bits per heavy atom. The lowest BCUT2D eigenvalue weighted by Gasteiger charge is -2.15. The lowest BCUT2D eigenvalue weighted by molar-refractivity contribution is 0.290. The van der Waals surface area contributed by atoms with Gasteiger partial charge in [-0.05, 0) is 32.9 Å². The maximum absolute atomic E-state index is 6.19. The van der Waals surface area contributed by atoms with E-state index in [9.17, 15) is 0 Å². The van der Waals surface area contributed by atoms with Gasteiger partial charge in [-0.1, -0.05) is 36.7 Å². The smallest absolute Gasteiger partial charge is 0.233 e. The van der Waals surface area contributed by atoms with Crippen LogP contribution in [-0.2, 0) is 0 Å². The second-order valence-electron chi connectivity index (χ2n) is 5.91. The molecule has 3 aromatic rings. The van der Waals surface area contributed by atoms with E-state index in [1.54, 1.807) is 4.68 Å². The monoisotopic (exact) mass is 373 g/mol. The third-order valence-electron chi connectivity index (χ3n) is 3.69. The summed E-state index contributed by atoms with van der Waals surface area (Å²) in [4.78, 5) is 8.21. The molecule has 6 nitrogen and oxygen atoms in total. The number of halogens is 1. The lowest BCUT2D eigenvalue weighted by atomic mass is 10.2. The Kier molecular flexibility index (Phi) is 6.58. The number of nitrogens with zero attached hydrogens (tertiary/aromatic N) is 4. The molecule has 3 rings (SSSR count). The van der Waals surface area contributed by atoms with Crippen molar-refractivity contribution in [2.24, 2.45) is 0 Å². The highest BCUT2D eigenvalue weighted by Crippen LogP contribution is 2.21. The van der Waals surface area contributed by atoms with Gasteiger partial charge in [-0.2, -0.15) is 0 Å². The van der Waals surface area contributed by atoms with Crippen molar-refractivity contribution < 1.29 is 4.74 Å². The average molecular weight is 374 g/mol. The number of aryl methyl sites for hydroxylation is 2. The Morgan fingerprint density at radius 2 is 1.88 bits per heavy atom. The van der Waals surface area contributed by atoms with Gasteiger partial charge in [0.25, 0.3) is 0 Å². The maximum Gasteiger partial charge on any atom is 0.233 e. The number of ether oxygens (including phenoxy) is 1. The van der Waals surface area contributed by atoms with Crippen molar-refractivity contribution >= 4 is 17.4 Å². The maximum atomic E-state index is 6.19.